The van der Waals surface area contributed by atoms with Crippen molar-refractivity contribution in [2.24, 2.45) is 5.92 Å². The summed E-state index contributed by atoms with van der Waals surface area (Å²) < 4.78 is 0. The zero-order valence-electron chi connectivity index (χ0n) is 8.72. The molecule has 0 aromatic carbocycles. The van der Waals surface area contributed by atoms with Crippen LogP contribution >= 0.6 is 0 Å². The highest BCUT2D eigenvalue weighted by atomic mass is 14.9. The zero-order valence-corrected chi connectivity index (χ0v) is 8.72. The smallest absolute Gasteiger partial charge is 0.0252 e. The quantitative estimate of drug-likeness (QED) is 0.620. The fourth-order valence-electron chi connectivity index (χ4n) is 0.869. The third-order valence-electron chi connectivity index (χ3n) is 2.11. The molecule has 1 atom stereocenters. The first-order valence-electron chi connectivity index (χ1n) is 4.69. The second-order valence-corrected chi connectivity index (χ2v) is 3.46. The van der Waals surface area contributed by atoms with Gasteiger partial charge in [-0.05, 0) is 25.3 Å². The Balaban J connectivity index is 4.02. The summed E-state index contributed by atoms with van der Waals surface area (Å²) in [5.74, 6) is 0.671. The fourth-order valence-corrected chi connectivity index (χ4v) is 0.869. The molecule has 0 aliphatic rings. The van der Waals surface area contributed by atoms with E-state index in [4.69, 9.17) is 0 Å². The third-order valence-corrected chi connectivity index (χ3v) is 2.11. The van der Waals surface area contributed by atoms with Gasteiger partial charge in [-0.1, -0.05) is 33.4 Å². The van der Waals surface area contributed by atoms with E-state index < -0.39 is 0 Å². The van der Waals surface area contributed by atoms with Crippen molar-refractivity contribution >= 4 is 0 Å². The molecule has 0 bridgehead atoms. The first-order valence-corrected chi connectivity index (χ1v) is 4.69. The molecule has 0 amide bonds. The molecule has 0 unspecified atom stereocenters. The van der Waals surface area contributed by atoms with E-state index >= 15 is 0 Å². The Morgan fingerprint density at radius 3 is 2.33 bits per heavy atom. The summed E-state index contributed by atoms with van der Waals surface area (Å²) in [6, 6.07) is 0.538. The summed E-state index contributed by atoms with van der Waals surface area (Å²) >= 11 is 0. The maximum atomic E-state index is 3.68. The van der Waals surface area contributed by atoms with Crippen LogP contribution in [0.3, 0.4) is 0 Å². The van der Waals surface area contributed by atoms with Gasteiger partial charge in [0.1, 0.15) is 0 Å². The molecule has 1 heteroatoms. The molecular weight excluding hydrogens is 146 g/mol. The van der Waals surface area contributed by atoms with Gasteiger partial charge in [-0.15, -0.1) is 0 Å². The van der Waals surface area contributed by atoms with Gasteiger partial charge in [-0.2, -0.15) is 0 Å². The maximum absolute atomic E-state index is 3.68. The van der Waals surface area contributed by atoms with Crippen LogP contribution in [0.15, 0.2) is 24.4 Å². The van der Waals surface area contributed by atoms with Crippen LogP contribution in [0.5, 0.6) is 0 Å². The van der Waals surface area contributed by atoms with E-state index in [1.165, 1.54) is 5.70 Å². The predicted octanol–water partition coefficient (Wildman–Crippen LogP) is 3.10. The lowest BCUT2D eigenvalue weighted by Gasteiger charge is -2.20. The van der Waals surface area contributed by atoms with Gasteiger partial charge in [0.25, 0.3) is 0 Å². The Morgan fingerprint density at radius 1 is 1.42 bits per heavy atom. The highest BCUT2D eigenvalue weighted by molar-refractivity contribution is 5.08. The number of hydrogen-bond donors (Lipinski definition) is 1. The SMILES string of the molecule is C=C/C=C(\CC)N[C@@H](C)C(C)C. The fraction of sp³-hybridized carbons (Fsp3) is 0.636. The van der Waals surface area contributed by atoms with E-state index in [2.05, 4.69) is 39.6 Å². The summed E-state index contributed by atoms with van der Waals surface area (Å²) in [7, 11) is 0. The lowest BCUT2D eigenvalue weighted by atomic mass is 10.1. The van der Waals surface area contributed by atoms with E-state index in [1.807, 2.05) is 12.2 Å². The van der Waals surface area contributed by atoms with Crippen LogP contribution in [0.25, 0.3) is 0 Å². The summed E-state index contributed by atoms with van der Waals surface area (Å²) in [6.45, 7) is 12.5. The van der Waals surface area contributed by atoms with Gasteiger partial charge >= 0.3 is 0 Å². The van der Waals surface area contributed by atoms with Crippen LogP contribution in [0.1, 0.15) is 34.1 Å². The summed E-state index contributed by atoms with van der Waals surface area (Å²) in [6.07, 6.45) is 4.92. The van der Waals surface area contributed by atoms with Crippen molar-refractivity contribution in [3.05, 3.63) is 24.4 Å². The van der Waals surface area contributed by atoms with Crippen molar-refractivity contribution in [3.63, 3.8) is 0 Å². The van der Waals surface area contributed by atoms with E-state index in [9.17, 15) is 0 Å². The van der Waals surface area contributed by atoms with Crippen molar-refractivity contribution in [2.75, 3.05) is 0 Å². The van der Waals surface area contributed by atoms with Gasteiger partial charge in [0.05, 0.1) is 0 Å². The Hall–Kier alpha value is -0.720. The van der Waals surface area contributed by atoms with Crippen LogP contribution in [-0.2, 0) is 0 Å². The largest absolute Gasteiger partial charge is 0.386 e. The topological polar surface area (TPSA) is 12.0 Å². The van der Waals surface area contributed by atoms with Crippen molar-refractivity contribution < 1.29 is 0 Å². The minimum absolute atomic E-state index is 0.538. The van der Waals surface area contributed by atoms with Crippen molar-refractivity contribution in [1.29, 1.82) is 0 Å². The van der Waals surface area contributed by atoms with E-state index in [-0.39, 0.29) is 0 Å². The van der Waals surface area contributed by atoms with Crippen LogP contribution < -0.4 is 5.32 Å². The highest BCUT2D eigenvalue weighted by Gasteiger charge is 2.05. The molecule has 1 nitrogen and oxygen atoms in total. The van der Waals surface area contributed by atoms with Crippen molar-refractivity contribution in [1.82, 2.24) is 5.32 Å². The molecule has 1 N–H and O–H groups in total. The Morgan fingerprint density at radius 2 is 2.00 bits per heavy atom. The average molecular weight is 167 g/mol. The van der Waals surface area contributed by atoms with Gasteiger partial charge in [-0.25, -0.2) is 0 Å². The molecule has 0 spiro atoms. The first-order chi connectivity index (χ1) is 5.61. The lowest BCUT2D eigenvalue weighted by molar-refractivity contribution is 0.457. The Kier molecular flexibility index (Phi) is 5.52. The molecular formula is C11H21N. The number of nitrogens with one attached hydrogen (secondary N) is 1. The lowest BCUT2D eigenvalue weighted by Crippen LogP contribution is -2.29. The van der Waals surface area contributed by atoms with Gasteiger partial charge in [-0.3, -0.25) is 0 Å². The molecule has 0 aromatic heterocycles. The highest BCUT2D eigenvalue weighted by Crippen LogP contribution is 2.05. The minimum atomic E-state index is 0.538. The molecule has 0 aliphatic carbocycles. The molecule has 12 heavy (non-hydrogen) atoms. The van der Waals surface area contributed by atoms with Crippen LogP contribution in [0.2, 0.25) is 0 Å². The Labute approximate surface area is 76.6 Å². The van der Waals surface area contributed by atoms with Gasteiger partial charge < -0.3 is 5.32 Å². The second-order valence-electron chi connectivity index (χ2n) is 3.46. The second kappa shape index (κ2) is 5.87. The standard InChI is InChI=1S/C11H21N/c1-6-8-11(7-2)12-10(5)9(3)4/h6,8-10,12H,1,7H2,2-5H3/b11-8+/t10-/m0/s1. The normalized spacial score (nSPS) is 14.6. The van der Waals surface area contributed by atoms with Crippen molar-refractivity contribution in [2.45, 2.75) is 40.2 Å². The molecule has 0 rings (SSSR count). The van der Waals surface area contributed by atoms with Gasteiger partial charge in [0, 0.05) is 11.7 Å². The average Bonchev–Trinajstić information content (AvgIpc) is 2.03. The summed E-state index contributed by atoms with van der Waals surface area (Å²) in [5.41, 5.74) is 1.27. The summed E-state index contributed by atoms with van der Waals surface area (Å²) in [5, 5.41) is 3.46. The van der Waals surface area contributed by atoms with E-state index in [0.717, 1.165) is 6.42 Å². The van der Waals surface area contributed by atoms with Crippen LogP contribution in [0, 0.1) is 5.92 Å². The number of hydrogen-bond acceptors (Lipinski definition) is 1. The molecule has 0 saturated carbocycles. The first kappa shape index (κ1) is 11.3. The molecule has 0 fully saturated rings. The number of rotatable bonds is 5. The van der Waals surface area contributed by atoms with Crippen LogP contribution in [0.4, 0.5) is 0 Å². The van der Waals surface area contributed by atoms with Crippen LogP contribution in [-0.4, -0.2) is 6.04 Å². The summed E-state index contributed by atoms with van der Waals surface area (Å²) in [4.78, 5) is 0. The van der Waals surface area contributed by atoms with Gasteiger partial charge in [0.2, 0.25) is 0 Å². The molecule has 70 valence electrons. The van der Waals surface area contributed by atoms with Crippen molar-refractivity contribution in [3.8, 4) is 0 Å². The Bertz CT molecular complexity index is 156. The molecule has 0 aliphatic heterocycles. The maximum Gasteiger partial charge on any atom is 0.0252 e. The molecule has 0 heterocycles. The number of allylic oxidation sites excluding steroid dienone is 3. The molecule has 0 aromatic rings. The molecule has 0 saturated heterocycles. The van der Waals surface area contributed by atoms with E-state index in [0.29, 0.717) is 12.0 Å². The monoisotopic (exact) mass is 167 g/mol. The third kappa shape index (κ3) is 4.22. The minimum Gasteiger partial charge on any atom is -0.386 e. The molecule has 0 radical (unpaired) electrons. The van der Waals surface area contributed by atoms with Gasteiger partial charge in [0.15, 0.2) is 0 Å². The zero-order chi connectivity index (χ0) is 9.56. The van der Waals surface area contributed by atoms with E-state index in [1.54, 1.807) is 0 Å². The predicted molar refractivity (Wildman–Crippen MR) is 56.0 cm³/mol.